The van der Waals surface area contributed by atoms with Crippen LogP contribution in [0.2, 0.25) is 0 Å². The van der Waals surface area contributed by atoms with E-state index in [4.69, 9.17) is 28.3 Å². The molecule has 0 saturated carbocycles. The molecule has 2 nitrogen and oxygen atoms in total. The molecule has 0 radical (unpaired) electrons. The van der Waals surface area contributed by atoms with Gasteiger partial charge in [0.1, 0.15) is 0 Å². The zero-order chi connectivity index (χ0) is 7.49. The summed E-state index contributed by atoms with van der Waals surface area (Å²) in [6.07, 6.45) is -0.283. The lowest BCUT2D eigenvalue weighted by Crippen LogP contribution is -2.31. The summed E-state index contributed by atoms with van der Waals surface area (Å²) in [7, 11) is 0. The predicted molar refractivity (Wildman–Crippen MR) is 36.8 cm³/mol. The van der Waals surface area contributed by atoms with E-state index in [1.54, 1.807) is 6.92 Å². The third kappa shape index (κ3) is 2.52. The Morgan fingerprint density at radius 3 is 2.33 bits per heavy atom. The number of aliphatic hydroxyl groups excluding tert-OH is 1. The molecule has 0 aromatic heterocycles. The first-order valence-electron chi connectivity index (χ1n) is 2.56. The summed E-state index contributed by atoms with van der Waals surface area (Å²) in [5.41, 5.74) is 0. The highest BCUT2D eigenvalue weighted by atomic mass is 35.5. The highest BCUT2D eigenvalue weighted by Gasteiger charge is 2.31. The van der Waals surface area contributed by atoms with Crippen LogP contribution in [0.4, 0.5) is 0 Å². The number of carbonyl (C=O) groups is 1. The Kier molecular flexibility index (Phi) is 3.48. The van der Waals surface area contributed by atoms with Crippen LogP contribution < -0.4 is 0 Å². The molecule has 54 valence electrons. The van der Waals surface area contributed by atoms with Gasteiger partial charge in [-0.2, -0.15) is 0 Å². The Hall–Kier alpha value is 0.210. The summed E-state index contributed by atoms with van der Waals surface area (Å²) < 4.78 is -1.63. The first kappa shape index (κ1) is 9.21. The van der Waals surface area contributed by atoms with E-state index in [-0.39, 0.29) is 0 Å². The predicted octanol–water partition coefficient (Wildman–Crippen LogP) is 1.13. The molecule has 1 unspecified atom stereocenters. The van der Waals surface area contributed by atoms with Crippen molar-refractivity contribution in [2.75, 3.05) is 0 Å². The highest BCUT2D eigenvalue weighted by molar-refractivity contribution is 6.56. The van der Waals surface area contributed by atoms with Crippen LogP contribution in [-0.4, -0.2) is 21.8 Å². The standard InChI is InChI=1S/C5H8Cl2O2/c1-2-4(9)5(6,7)3-8/h3-4,9H,2H2,1H3. The number of aliphatic hydroxyl groups is 1. The van der Waals surface area contributed by atoms with Crippen LogP contribution >= 0.6 is 23.2 Å². The quantitative estimate of drug-likeness (QED) is 0.510. The second kappa shape index (κ2) is 3.40. The zero-order valence-electron chi connectivity index (χ0n) is 4.97. The van der Waals surface area contributed by atoms with Gasteiger partial charge in [-0.05, 0) is 6.42 Å². The van der Waals surface area contributed by atoms with Crippen LogP contribution in [0, 0.1) is 0 Å². The molecule has 1 N–H and O–H groups in total. The molecule has 0 heterocycles. The highest BCUT2D eigenvalue weighted by Crippen LogP contribution is 2.24. The Morgan fingerprint density at radius 2 is 2.22 bits per heavy atom. The Bertz CT molecular complexity index is 103. The first-order chi connectivity index (χ1) is 4.04. The van der Waals surface area contributed by atoms with Gasteiger partial charge in [-0.3, -0.25) is 4.79 Å². The van der Waals surface area contributed by atoms with Crippen molar-refractivity contribution in [2.24, 2.45) is 0 Å². The van der Waals surface area contributed by atoms with E-state index in [1.165, 1.54) is 0 Å². The minimum atomic E-state index is -1.63. The average molecular weight is 171 g/mol. The molecule has 0 aliphatic carbocycles. The Morgan fingerprint density at radius 1 is 1.78 bits per heavy atom. The Balaban J connectivity index is 3.95. The van der Waals surface area contributed by atoms with Crippen LogP contribution in [0.25, 0.3) is 0 Å². The molecule has 1 atom stereocenters. The molecule has 0 fully saturated rings. The van der Waals surface area contributed by atoms with Crippen LogP contribution in [0.1, 0.15) is 13.3 Å². The number of carbonyl (C=O) groups excluding carboxylic acids is 1. The van der Waals surface area contributed by atoms with E-state index in [2.05, 4.69) is 0 Å². The van der Waals surface area contributed by atoms with Crippen LogP contribution in [0.15, 0.2) is 0 Å². The third-order valence-electron chi connectivity index (χ3n) is 0.988. The number of hydrogen-bond donors (Lipinski definition) is 1. The molecular weight excluding hydrogens is 163 g/mol. The van der Waals surface area contributed by atoms with Gasteiger partial charge in [-0.25, -0.2) is 0 Å². The SMILES string of the molecule is CCC(O)C(Cl)(Cl)C=O. The van der Waals surface area contributed by atoms with Crippen molar-refractivity contribution in [3.8, 4) is 0 Å². The molecule has 0 spiro atoms. The summed E-state index contributed by atoms with van der Waals surface area (Å²) in [5, 5.41) is 8.89. The number of aldehydes is 1. The number of rotatable bonds is 3. The Labute approximate surface area is 63.8 Å². The van der Waals surface area contributed by atoms with Gasteiger partial charge in [-0.1, -0.05) is 30.1 Å². The second-order valence-corrected chi connectivity index (χ2v) is 3.16. The summed E-state index contributed by atoms with van der Waals surface area (Å²) in [6.45, 7) is 1.69. The van der Waals surface area contributed by atoms with Crippen molar-refractivity contribution in [1.82, 2.24) is 0 Å². The maximum atomic E-state index is 10.0. The smallest absolute Gasteiger partial charge is 0.198 e. The molecule has 9 heavy (non-hydrogen) atoms. The summed E-state index contributed by atoms with van der Waals surface area (Å²) in [5.74, 6) is 0. The number of hydrogen-bond acceptors (Lipinski definition) is 2. The molecule has 0 aliphatic heterocycles. The third-order valence-corrected chi connectivity index (χ3v) is 1.67. The van der Waals surface area contributed by atoms with E-state index < -0.39 is 10.4 Å². The van der Waals surface area contributed by atoms with Crippen LogP contribution in [0.3, 0.4) is 0 Å². The summed E-state index contributed by atoms with van der Waals surface area (Å²) >= 11 is 10.6. The van der Waals surface area contributed by atoms with Crippen LogP contribution in [-0.2, 0) is 4.79 Å². The molecule has 0 aromatic rings. The molecule has 4 heteroatoms. The van der Waals surface area contributed by atoms with Crippen molar-refractivity contribution in [3.63, 3.8) is 0 Å². The van der Waals surface area contributed by atoms with Gasteiger partial charge in [0.05, 0.1) is 6.10 Å². The topological polar surface area (TPSA) is 37.3 Å². The summed E-state index contributed by atoms with van der Waals surface area (Å²) in [6, 6.07) is 0. The zero-order valence-corrected chi connectivity index (χ0v) is 6.49. The molecule has 0 saturated heterocycles. The lowest BCUT2D eigenvalue weighted by atomic mass is 10.2. The van der Waals surface area contributed by atoms with E-state index >= 15 is 0 Å². The van der Waals surface area contributed by atoms with Crippen molar-refractivity contribution >= 4 is 29.5 Å². The van der Waals surface area contributed by atoms with Gasteiger partial charge < -0.3 is 5.11 Å². The van der Waals surface area contributed by atoms with Crippen molar-refractivity contribution in [1.29, 1.82) is 0 Å². The van der Waals surface area contributed by atoms with Gasteiger partial charge in [0.2, 0.25) is 0 Å². The lowest BCUT2D eigenvalue weighted by Gasteiger charge is -2.16. The van der Waals surface area contributed by atoms with Gasteiger partial charge in [0.25, 0.3) is 0 Å². The van der Waals surface area contributed by atoms with Crippen molar-refractivity contribution < 1.29 is 9.90 Å². The van der Waals surface area contributed by atoms with Gasteiger partial charge in [0, 0.05) is 0 Å². The van der Waals surface area contributed by atoms with Gasteiger partial charge in [-0.15, -0.1) is 0 Å². The maximum absolute atomic E-state index is 10.0. The fourth-order valence-corrected chi connectivity index (χ4v) is 0.659. The largest absolute Gasteiger partial charge is 0.390 e. The van der Waals surface area contributed by atoms with E-state index in [1.807, 2.05) is 0 Å². The normalized spacial score (nSPS) is 15.1. The first-order valence-corrected chi connectivity index (χ1v) is 3.32. The minimum Gasteiger partial charge on any atom is -0.390 e. The molecule has 0 aromatic carbocycles. The van der Waals surface area contributed by atoms with E-state index in [0.717, 1.165) is 0 Å². The lowest BCUT2D eigenvalue weighted by molar-refractivity contribution is -0.110. The van der Waals surface area contributed by atoms with E-state index in [0.29, 0.717) is 12.7 Å². The fourth-order valence-electron chi connectivity index (χ4n) is 0.351. The summed E-state index contributed by atoms with van der Waals surface area (Å²) in [4.78, 5) is 10.0. The van der Waals surface area contributed by atoms with Gasteiger partial charge in [0.15, 0.2) is 10.6 Å². The van der Waals surface area contributed by atoms with Gasteiger partial charge >= 0.3 is 0 Å². The maximum Gasteiger partial charge on any atom is 0.198 e. The molecule has 0 bridgehead atoms. The molecule has 0 rings (SSSR count). The fraction of sp³-hybridized carbons (Fsp3) is 0.800. The molecular formula is C5H8Cl2O2. The molecule has 0 aliphatic rings. The second-order valence-electron chi connectivity index (χ2n) is 1.72. The van der Waals surface area contributed by atoms with Crippen molar-refractivity contribution in [3.05, 3.63) is 0 Å². The van der Waals surface area contributed by atoms with Crippen molar-refractivity contribution in [2.45, 2.75) is 23.8 Å². The number of alkyl halides is 2. The van der Waals surface area contributed by atoms with Crippen LogP contribution in [0.5, 0.6) is 0 Å². The number of halogens is 2. The van der Waals surface area contributed by atoms with E-state index in [9.17, 15) is 4.79 Å². The molecule has 0 amide bonds. The average Bonchev–Trinajstić information content (AvgIpc) is 1.86. The monoisotopic (exact) mass is 170 g/mol. The minimum absolute atomic E-state index is 0.324.